The number of ether oxygens (including phenoxy) is 1. The van der Waals surface area contributed by atoms with E-state index in [0.29, 0.717) is 12.2 Å². The van der Waals surface area contributed by atoms with Gasteiger partial charge in [0.15, 0.2) is 0 Å². The summed E-state index contributed by atoms with van der Waals surface area (Å²) in [6, 6.07) is 15.2. The van der Waals surface area contributed by atoms with Crippen LogP contribution in [0.2, 0.25) is 0 Å². The molecule has 0 aliphatic heterocycles. The number of rotatable bonds is 5. The van der Waals surface area contributed by atoms with E-state index in [2.05, 4.69) is 11.4 Å². The number of methoxy groups -OCH3 is 1. The van der Waals surface area contributed by atoms with Gasteiger partial charge in [-0.05, 0) is 30.7 Å². The standard InChI is InChI=1S/C18H18N2O2/c1-13-3-8-17(22-2)15(11-13)12-18(21)20-16-6-4-14(5-7-16)9-10-19/h3-8,11H,9,12H2,1-2H3,(H,20,21). The van der Waals surface area contributed by atoms with Crippen molar-refractivity contribution in [3.05, 3.63) is 59.2 Å². The van der Waals surface area contributed by atoms with Crippen LogP contribution in [-0.2, 0) is 17.6 Å². The van der Waals surface area contributed by atoms with Crippen LogP contribution >= 0.6 is 0 Å². The summed E-state index contributed by atoms with van der Waals surface area (Å²) >= 11 is 0. The third kappa shape index (κ3) is 4.10. The maximum Gasteiger partial charge on any atom is 0.228 e. The molecule has 0 aromatic heterocycles. The average molecular weight is 294 g/mol. The predicted octanol–water partition coefficient (Wildman–Crippen LogP) is 3.25. The molecule has 0 aliphatic rings. The van der Waals surface area contributed by atoms with Crippen molar-refractivity contribution < 1.29 is 9.53 Å². The molecule has 0 atom stereocenters. The van der Waals surface area contributed by atoms with Gasteiger partial charge in [-0.25, -0.2) is 0 Å². The fraction of sp³-hybridized carbons (Fsp3) is 0.222. The summed E-state index contributed by atoms with van der Waals surface area (Å²) in [4.78, 5) is 12.2. The summed E-state index contributed by atoms with van der Waals surface area (Å²) < 4.78 is 5.28. The first-order valence-corrected chi connectivity index (χ1v) is 7.01. The van der Waals surface area contributed by atoms with Crippen molar-refractivity contribution in [2.75, 3.05) is 12.4 Å². The van der Waals surface area contributed by atoms with E-state index < -0.39 is 0 Å². The van der Waals surface area contributed by atoms with E-state index in [-0.39, 0.29) is 12.3 Å². The normalized spacial score (nSPS) is 9.86. The minimum absolute atomic E-state index is 0.100. The highest BCUT2D eigenvalue weighted by molar-refractivity contribution is 5.92. The summed E-state index contributed by atoms with van der Waals surface area (Å²) in [5.74, 6) is 0.613. The molecule has 2 aromatic carbocycles. The number of nitriles is 1. The Labute approximate surface area is 130 Å². The van der Waals surface area contributed by atoms with Gasteiger partial charge in [-0.2, -0.15) is 5.26 Å². The quantitative estimate of drug-likeness (QED) is 0.920. The molecule has 0 saturated carbocycles. The highest BCUT2D eigenvalue weighted by Crippen LogP contribution is 2.20. The Morgan fingerprint density at radius 3 is 2.59 bits per heavy atom. The summed E-state index contributed by atoms with van der Waals surface area (Å²) in [5, 5.41) is 11.5. The molecule has 0 heterocycles. The van der Waals surface area contributed by atoms with Crippen LogP contribution in [0.15, 0.2) is 42.5 Å². The van der Waals surface area contributed by atoms with Crippen LogP contribution in [0.5, 0.6) is 5.75 Å². The van der Waals surface area contributed by atoms with Crippen molar-refractivity contribution in [3.8, 4) is 11.8 Å². The van der Waals surface area contributed by atoms with Gasteiger partial charge in [-0.1, -0.05) is 29.8 Å². The van der Waals surface area contributed by atoms with Crippen molar-refractivity contribution in [2.45, 2.75) is 19.8 Å². The second kappa shape index (κ2) is 7.28. The van der Waals surface area contributed by atoms with Crippen molar-refractivity contribution >= 4 is 11.6 Å². The number of carbonyl (C=O) groups excluding carboxylic acids is 1. The van der Waals surface area contributed by atoms with Gasteiger partial charge in [0, 0.05) is 11.3 Å². The van der Waals surface area contributed by atoms with E-state index >= 15 is 0 Å². The Balaban J connectivity index is 2.04. The zero-order chi connectivity index (χ0) is 15.9. The van der Waals surface area contributed by atoms with Gasteiger partial charge < -0.3 is 10.1 Å². The smallest absolute Gasteiger partial charge is 0.228 e. The molecule has 0 aliphatic carbocycles. The van der Waals surface area contributed by atoms with E-state index in [4.69, 9.17) is 10.00 Å². The number of nitrogens with one attached hydrogen (secondary N) is 1. The summed E-state index contributed by atoms with van der Waals surface area (Å²) in [7, 11) is 1.60. The third-order valence-electron chi connectivity index (χ3n) is 3.31. The molecule has 1 amide bonds. The number of benzene rings is 2. The number of hydrogen-bond acceptors (Lipinski definition) is 3. The van der Waals surface area contributed by atoms with Crippen molar-refractivity contribution in [2.24, 2.45) is 0 Å². The first-order valence-electron chi connectivity index (χ1n) is 7.01. The minimum atomic E-state index is -0.100. The number of anilines is 1. The molecule has 0 saturated heterocycles. The van der Waals surface area contributed by atoms with Crippen LogP contribution in [0.3, 0.4) is 0 Å². The monoisotopic (exact) mass is 294 g/mol. The lowest BCUT2D eigenvalue weighted by Crippen LogP contribution is -2.15. The fourth-order valence-electron chi connectivity index (χ4n) is 2.22. The van der Waals surface area contributed by atoms with Crippen LogP contribution in [-0.4, -0.2) is 13.0 Å². The lowest BCUT2D eigenvalue weighted by Gasteiger charge is -2.10. The Kier molecular flexibility index (Phi) is 5.16. The number of hydrogen-bond donors (Lipinski definition) is 1. The topological polar surface area (TPSA) is 62.1 Å². The van der Waals surface area contributed by atoms with Gasteiger partial charge in [-0.3, -0.25) is 4.79 Å². The van der Waals surface area contributed by atoms with E-state index in [1.165, 1.54) is 0 Å². The Bertz CT molecular complexity index is 700. The van der Waals surface area contributed by atoms with Crippen LogP contribution in [0, 0.1) is 18.3 Å². The summed E-state index contributed by atoms with van der Waals surface area (Å²) in [6.07, 6.45) is 0.625. The van der Waals surface area contributed by atoms with Crippen LogP contribution in [0.25, 0.3) is 0 Å². The molecule has 2 rings (SSSR count). The maximum absolute atomic E-state index is 12.2. The SMILES string of the molecule is COc1ccc(C)cc1CC(=O)Nc1ccc(CC#N)cc1. The van der Waals surface area contributed by atoms with Gasteiger partial charge >= 0.3 is 0 Å². The molecule has 4 nitrogen and oxygen atoms in total. The van der Waals surface area contributed by atoms with Gasteiger partial charge in [0.1, 0.15) is 5.75 Å². The molecular formula is C18H18N2O2. The number of nitrogens with zero attached hydrogens (tertiary/aromatic N) is 1. The number of carbonyl (C=O) groups is 1. The van der Waals surface area contributed by atoms with E-state index in [0.717, 1.165) is 22.4 Å². The zero-order valence-corrected chi connectivity index (χ0v) is 12.7. The molecule has 0 spiro atoms. The van der Waals surface area contributed by atoms with Crippen molar-refractivity contribution in [1.29, 1.82) is 5.26 Å². The first-order chi connectivity index (χ1) is 10.6. The van der Waals surface area contributed by atoms with Gasteiger partial charge in [0.2, 0.25) is 5.91 Å². The van der Waals surface area contributed by atoms with Gasteiger partial charge in [0.25, 0.3) is 0 Å². The van der Waals surface area contributed by atoms with E-state index in [1.54, 1.807) is 19.2 Å². The Morgan fingerprint density at radius 2 is 1.95 bits per heavy atom. The lowest BCUT2D eigenvalue weighted by molar-refractivity contribution is -0.115. The third-order valence-corrected chi connectivity index (χ3v) is 3.31. The second-order valence-electron chi connectivity index (χ2n) is 5.07. The zero-order valence-electron chi connectivity index (χ0n) is 12.7. The maximum atomic E-state index is 12.2. The van der Waals surface area contributed by atoms with E-state index in [9.17, 15) is 4.79 Å². The van der Waals surface area contributed by atoms with Crippen molar-refractivity contribution in [1.82, 2.24) is 0 Å². The largest absolute Gasteiger partial charge is 0.496 e. The molecule has 0 bridgehead atoms. The number of amides is 1. The molecule has 1 N–H and O–H groups in total. The lowest BCUT2D eigenvalue weighted by atomic mass is 10.1. The van der Waals surface area contributed by atoms with Crippen LogP contribution in [0.1, 0.15) is 16.7 Å². The summed E-state index contributed by atoms with van der Waals surface area (Å²) in [5.41, 5.74) is 3.60. The molecule has 0 radical (unpaired) electrons. The molecular weight excluding hydrogens is 276 g/mol. The predicted molar refractivity (Wildman–Crippen MR) is 85.8 cm³/mol. The van der Waals surface area contributed by atoms with Crippen LogP contribution < -0.4 is 10.1 Å². The Morgan fingerprint density at radius 1 is 1.23 bits per heavy atom. The second-order valence-corrected chi connectivity index (χ2v) is 5.07. The fourth-order valence-corrected chi connectivity index (χ4v) is 2.22. The molecule has 112 valence electrons. The molecule has 2 aromatic rings. The molecule has 4 heteroatoms. The van der Waals surface area contributed by atoms with Crippen LogP contribution in [0.4, 0.5) is 5.69 Å². The average Bonchev–Trinajstić information content (AvgIpc) is 2.50. The number of aryl methyl sites for hydroxylation is 1. The van der Waals surface area contributed by atoms with Gasteiger partial charge in [0.05, 0.1) is 26.0 Å². The molecule has 22 heavy (non-hydrogen) atoms. The first kappa shape index (κ1) is 15.6. The van der Waals surface area contributed by atoms with Gasteiger partial charge in [-0.15, -0.1) is 0 Å². The van der Waals surface area contributed by atoms with E-state index in [1.807, 2.05) is 37.3 Å². The summed E-state index contributed by atoms with van der Waals surface area (Å²) in [6.45, 7) is 1.98. The Hall–Kier alpha value is -2.80. The molecule has 0 fully saturated rings. The highest BCUT2D eigenvalue weighted by atomic mass is 16.5. The molecule has 0 unspecified atom stereocenters. The highest BCUT2D eigenvalue weighted by Gasteiger charge is 2.09. The minimum Gasteiger partial charge on any atom is -0.496 e. The van der Waals surface area contributed by atoms with Crippen molar-refractivity contribution in [3.63, 3.8) is 0 Å².